The molecule has 1 amide bonds. The van der Waals surface area contributed by atoms with Crippen molar-refractivity contribution in [2.75, 3.05) is 11.9 Å². The Balaban J connectivity index is 1.95. The van der Waals surface area contributed by atoms with Crippen LogP contribution in [0.4, 0.5) is 5.69 Å². The number of rotatable bonds is 7. The van der Waals surface area contributed by atoms with Crippen LogP contribution in [0, 0.1) is 13.8 Å². The van der Waals surface area contributed by atoms with Crippen molar-refractivity contribution >= 4 is 21.6 Å². The maximum atomic E-state index is 12.1. The average Bonchev–Trinajstić information content (AvgIpc) is 2.55. The Morgan fingerprint density at radius 2 is 1.73 bits per heavy atom. The summed E-state index contributed by atoms with van der Waals surface area (Å²) in [7, 11) is -3.54. The van der Waals surface area contributed by atoms with E-state index < -0.39 is 10.0 Å². The highest BCUT2D eigenvalue weighted by atomic mass is 32.2. The second-order valence-electron chi connectivity index (χ2n) is 6.40. The van der Waals surface area contributed by atoms with E-state index in [2.05, 4.69) is 10.0 Å². The molecule has 0 unspecified atom stereocenters. The summed E-state index contributed by atoms with van der Waals surface area (Å²) in [6.45, 7) is 7.21. The van der Waals surface area contributed by atoms with Gasteiger partial charge in [-0.3, -0.25) is 4.79 Å². The zero-order valence-electron chi connectivity index (χ0n) is 15.4. The molecule has 0 heterocycles. The van der Waals surface area contributed by atoms with Gasteiger partial charge in [-0.1, -0.05) is 12.1 Å². The van der Waals surface area contributed by atoms with Gasteiger partial charge in [0.25, 0.3) is 5.91 Å². The lowest BCUT2D eigenvalue weighted by Crippen LogP contribution is -2.30. The van der Waals surface area contributed by atoms with Gasteiger partial charge in [0, 0.05) is 11.7 Å². The van der Waals surface area contributed by atoms with Crippen LogP contribution in [0.3, 0.4) is 0 Å². The molecule has 0 saturated carbocycles. The molecule has 26 heavy (non-hydrogen) atoms. The zero-order valence-corrected chi connectivity index (χ0v) is 16.2. The van der Waals surface area contributed by atoms with E-state index in [0.717, 1.165) is 16.8 Å². The first-order valence-corrected chi connectivity index (χ1v) is 9.78. The molecule has 0 radical (unpaired) electrons. The van der Waals surface area contributed by atoms with Crippen LogP contribution in [0.15, 0.2) is 47.4 Å². The van der Waals surface area contributed by atoms with Crippen molar-refractivity contribution in [1.82, 2.24) is 4.72 Å². The van der Waals surface area contributed by atoms with Crippen LogP contribution in [0.25, 0.3) is 0 Å². The van der Waals surface area contributed by atoms with Crippen molar-refractivity contribution in [3.63, 3.8) is 0 Å². The normalized spacial score (nSPS) is 11.4. The van der Waals surface area contributed by atoms with Crippen LogP contribution in [-0.4, -0.2) is 27.0 Å². The van der Waals surface area contributed by atoms with Gasteiger partial charge in [-0.25, -0.2) is 13.1 Å². The van der Waals surface area contributed by atoms with Crippen LogP contribution in [0.5, 0.6) is 5.75 Å². The molecule has 2 rings (SSSR count). The summed E-state index contributed by atoms with van der Waals surface area (Å²) in [5.74, 6) is 0.140. The first-order valence-electron chi connectivity index (χ1n) is 8.29. The van der Waals surface area contributed by atoms with E-state index in [0.29, 0.717) is 5.75 Å². The number of hydrogen-bond donors (Lipinski definition) is 2. The quantitative estimate of drug-likeness (QED) is 0.778. The molecule has 0 fully saturated rings. The molecule has 0 atom stereocenters. The molecule has 2 aromatic rings. The Labute approximate surface area is 154 Å². The molecule has 0 spiro atoms. The summed E-state index contributed by atoms with van der Waals surface area (Å²) in [4.78, 5) is 12.2. The minimum absolute atomic E-state index is 0.151. The van der Waals surface area contributed by atoms with E-state index in [1.54, 1.807) is 13.8 Å². The number of aryl methyl sites for hydroxylation is 2. The van der Waals surface area contributed by atoms with Crippen LogP contribution < -0.4 is 14.8 Å². The molecule has 6 nitrogen and oxygen atoms in total. The fourth-order valence-corrected chi connectivity index (χ4v) is 3.55. The Morgan fingerprint density at radius 1 is 1.08 bits per heavy atom. The summed E-state index contributed by atoms with van der Waals surface area (Å²) >= 11 is 0. The van der Waals surface area contributed by atoms with Gasteiger partial charge in [0.2, 0.25) is 10.0 Å². The van der Waals surface area contributed by atoms with E-state index in [9.17, 15) is 13.2 Å². The highest BCUT2D eigenvalue weighted by Gasteiger charge is 2.15. The summed E-state index contributed by atoms with van der Waals surface area (Å²) in [5, 5.41) is 2.81. The lowest BCUT2D eigenvalue weighted by Gasteiger charge is -2.12. The number of nitrogens with one attached hydrogen (secondary N) is 2. The van der Waals surface area contributed by atoms with E-state index in [1.807, 2.05) is 32.0 Å². The third-order valence-corrected chi connectivity index (χ3v) is 5.24. The first-order chi connectivity index (χ1) is 12.2. The van der Waals surface area contributed by atoms with Crippen LogP contribution in [0.2, 0.25) is 0 Å². The number of amides is 1. The average molecular weight is 376 g/mol. The maximum Gasteiger partial charge on any atom is 0.262 e. The molecule has 2 N–H and O–H groups in total. The van der Waals surface area contributed by atoms with Gasteiger partial charge in [-0.05, 0) is 69.2 Å². The highest BCUT2D eigenvalue weighted by Crippen LogP contribution is 2.18. The van der Waals surface area contributed by atoms with E-state index in [-0.39, 0.29) is 23.5 Å². The van der Waals surface area contributed by atoms with Gasteiger partial charge in [0.1, 0.15) is 5.75 Å². The molecule has 0 saturated heterocycles. The zero-order chi connectivity index (χ0) is 19.3. The summed E-state index contributed by atoms with van der Waals surface area (Å²) < 4.78 is 32.1. The second kappa shape index (κ2) is 8.33. The number of ether oxygens (including phenoxy) is 1. The summed E-state index contributed by atoms with van der Waals surface area (Å²) in [6.07, 6.45) is 0. The molecule has 0 aliphatic carbocycles. The number of carbonyl (C=O) groups is 1. The lowest BCUT2D eigenvalue weighted by molar-refractivity contribution is -0.118. The number of sulfonamides is 1. The van der Waals surface area contributed by atoms with E-state index >= 15 is 0 Å². The molecule has 7 heteroatoms. The predicted molar refractivity (Wildman–Crippen MR) is 102 cm³/mol. The summed E-state index contributed by atoms with van der Waals surface area (Å²) in [6, 6.07) is 11.6. The molecule has 0 aliphatic rings. The van der Waals surface area contributed by atoms with Crippen molar-refractivity contribution in [2.45, 2.75) is 38.6 Å². The van der Waals surface area contributed by atoms with Crippen molar-refractivity contribution in [3.8, 4) is 5.75 Å². The van der Waals surface area contributed by atoms with Gasteiger partial charge in [-0.2, -0.15) is 0 Å². The van der Waals surface area contributed by atoms with Crippen molar-refractivity contribution in [1.29, 1.82) is 0 Å². The largest absolute Gasteiger partial charge is 0.484 e. The standard InChI is InChI=1S/C19H24N2O4S/c1-13(2)21-26(23,24)17-9-7-16(8-10-17)25-12-19(22)20-18-11-14(3)5-6-15(18)4/h5-11,13,21H,12H2,1-4H3,(H,20,22). The smallest absolute Gasteiger partial charge is 0.262 e. The molecule has 0 aromatic heterocycles. The monoisotopic (exact) mass is 376 g/mol. The molecule has 2 aromatic carbocycles. The minimum atomic E-state index is -3.54. The molecular formula is C19H24N2O4S. The third kappa shape index (κ3) is 5.57. The predicted octanol–water partition coefficient (Wildman–Crippen LogP) is 3.01. The first kappa shape index (κ1) is 19.9. The van der Waals surface area contributed by atoms with E-state index in [1.165, 1.54) is 24.3 Å². The number of carbonyl (C=O) groups excluding carboxylic acids is 1. The fourth-order valence-electron chi connectivity index (χ4n) is 2.30. The van der Waals surface area contributed by atoms with Gasteiger partial charge in [0.05, 0.1) is 4.90 Å². The van der Waals surface area contributed by atoms with Gasteiger partial charge >= 0.3 is 0 Å². The lowest BCUT2D eigenvalue weighted by atomic mass is 10.1. The minimum Gasteiger partial charge on any atom is -0.484 e. The second-order valence-corrected chi connectivity index (χ2v) is 8.12. The molecule has 0 aliphatic heterocycles. The number of benzene rings is 2. The molecular weight excluding hydrogens is 352 g/mol. The van der Waals surface area contributed by atoms with Crippen LogP contribution >= 0.6 is 0 Å². The van der Waals surface area contributed by atoms with Gasteiger partial charge in [0.15, 0.2) is 6.61 Å². The maximum absolute atomic E-state index is 12.1. The van der Waals surface area contributed by atoms with Crippen molar-refractivity contribution in [3.05, 3.63) is 53.6 Å². The fraction of sp³-hybridized carbons (Fsp3) is 0.316. The van der Waals surface area contributed by atoms with Crippen molar-refractivity contribution < 1.29 is 17.9 Å². The van der Waals surface area contributed by atoms with Gasteiger partial charge < -0.3 is 10.1 Å². The van der Waals surface area contributed by atoms with E-state index in [4.69, 9.17) is 4.74 Å². The Kier molecular flexibility index (Phi) is 6.39. The van der Waals surface area contributed by atoms with Crippen LogP contribution in [0.1, 0.15) is 25.0 Å². The Morgan fingerprint density at radius 3 is 2.35 bits per heavy atom. The summed E-state index contributed by atoms with van der Waals surface area (Å²) in [5.41, 5.74) is 2.77. The number of anilines is 1. The Bertz CT molecular complexity index is 875. The highest BCUT2D eigenvalue weighted by molar-refractivity contribution is 7.89. The molecule has 140 valence electrons. The van der Waals surface area contributed by atoms with Crippen molar-refractivity contribution in [2.24, 2.45) is 0 Å². The molecule has 0 bridgehead atoms. The van der Waals surface area contributed by atoms with Gasteiger partial charge in [-0.15, -0.1) is 0 Å². The van der Waals surface area contributed by atoms with Crippen LogP contribution in [-0.2, 0) is 14.8 Å². The Hall–Kier alpha value is -2.38. The third-order valence-electron chi connectivity index (χ3n) is 3.56. The number of hydrogen-bond acceptors (Lipinski definition) is 4. The topological polar surface area (TPSA) is 84.5 Å². The SMILES string of the molecule is Cc1ccc(C)c(NC(=O)COc2ccc(S(=O)(=O)NC(C)C)cc2)c1.